The van der Waals surface area contributed by atoms with Crippen molar-refractivity contribution in [3.05, 3.63) is 47.7 Å². The summed E-state index contributed by atoms with van der Waals surface area (Å²) in [5.74, 6) is -0.728. The van der Waals surface area contributed by atoms with Crippen LogP contribution in [0.3, 0.4) is 0 Å². The van der Waals surface area contributed by atoms with Gasteiger partial charge in [-0.3, -0.25) is 14.8 Å². The topological polar surface area (TPSA) is 116 Å². The second kappa shape index (κ2) is 10.6. The number of hydroxylamine groups is 1. The molecule has 0 radical (unpaired) electrons. The Morgan fingerprint density at radius 2 is 1.85 bits per heavy atom. The highest BCUT2D eigenvalue weighted by Crippen LogP contribution is 2.35. The van der Waals surface area contributed by atoms with E-state index in [4.69, 9.17) is 4.74 Å². The molecule has 3 heterocycles. The van der Waals surface area contributed by atoms with Crippen molar-refractivity contribution in [1.29, 1.82) is 0 Å². The molecule has 0 atom stereocenters. The molecule has 1 aliphatic carbocycles. The maximum Gasteiger partial charge on any atom is 0.266 e. The van der Waals surface area contributed by atoms with Gasteiger partial charge in [-0.25, -0.2) is 18.2 Å². The SMILES string of the molecule is O=C(/C=C/C=C/C1CCN(S(=O)(=O)C2(C(=O)NO)CCOCC2)CC1)N1CCC2=C1C=CCC2. The summed E-state index contributed by atoms with van der Waals surface area (Å²) in [5, 5.41) is 9.17. The van der Waals surface area contributed by atoms with Gasteiger partial charge < -0.3 is 9.64 Å². The maximum absolute atomic E-state index is 13.3. The molecule has 0 aromatic heterocycles. The molecule has 0 aromatic rings. The summed E-state index contributed by atoms with van der Waals surface area (Å²) in [5.41, 5.74) is 3.96. The van der Waals surface area contributed by atoms with Crippen LogP contribution in [-0.4, -0.2) is 72.2 Å². The van der Waals surface area contributed by atoms with Crippen LogP contribution in [0.15, 0.2) is 47.7 Å². The van der Waals surface area contributed by atoms with Gasteiger partial charge in [0.25, 0.3) is 11.8 Å². The van der Waals surface area contributed by atoms with Crippen LogP contribution >= 0.6 is 0 Å². The first-order chi connectivity index (χ1) is 16.4. The molecule has 9 nitrogen and oxygen atoms in total. The van der Waals surface area contributed by atoms with E-state index >= 15 is 0 Å². The predicted octanol–water partition coefficient (Wildman–Crippen LogP) is 2.03. The van der Waals surface area contributed by atoms with E-state index in [1.807, 2.05) is 23.1 Å². The number of sulfonamides is 1. The second-order valence-electron chi connectivity index (χ2n) is 9.20. The lowest BCUT2D eigenvalue weighted by Gasteiger charge is -2.40. The molecule has 0 unspecified atom stereocenters. The van der Waals surface area contributed by atoms with Gasteiger partial charge in [0, 0.05) is 57.5 Å². The van der Waals surface area contributed by atoms with E-state index in [9.17, 15) is 23.2 Å². The number of nitrogens with one attached hydrogen (secondary N) is 1. The summed E-state index contributed by atoms with van der Waals surface area (Å²) >= 11 is 0. The molecular weight excluding hydrogens is 458 g/mol. The second-order valence-corrected chi connectivity index (χ2v) is 11.5. The van der Waals surface area contributed by atoms with Crippen molar-refractivity contribution >= 4 is 21.8 Å². The quantitative estimate of drug-likeness (QED) is 0.254. The highest BCUT2D eigenvalue weighted by Gasteiger charge is 2.54. The molecule has 4 aliphatic rings. The maximum atomic E-state index is 13.3. The zero-order valence-corrected chi connectivity index (χ0v) is 20.1. The van der Waals surface area contributed by atoms with E-state index in [2.05, 4.69) is 6.08 Å². The molecule has 0 aromatic carbocycles. The van der Waals surface area contributed by atoms with Gasteiger partial charge in [-0.1, -0.05) is 24.3 Å². The smallest absolute Gasteiger partial charge is 0.266 e. The lowest BCUT2D eigenvalue weighted by atomic mass is 9.97. The van der Waals surface area contributed by atoms with Crippen LogP contribution in [0.4, 0.5) is 0 Å². The predicted molar refractivity (Wildman–Crippen MR) is 126 cm³/mol. The lowest BCUT2D eigenvalue weighted by molar-refractivity contribution is -0.134. The molecule has 2 amide bonds. The molecule has 2 fully saturated rings. The van der Waals surface area contributed by atoms with Crippen molar-refractivity contribution in [3.63, 3.8) is 0 Å². The van der Waals surface area contributed by atoms with Crippen molar-refractivity contribution in [2.45, 2.75) is 49.7 Å². The van der Waals surface area contributed by atoms with Crippen molar-refractivity contribution in [3.8, 4) is 0 Å². The van der Waals surface area contributed by atoms with E-state index < -0.39 is 20.7 Å². The number of amides is 2. The normalized spacial score (nSPS) is 24.2. The molecule has 4 rings (SSSR count). The Labute approximate surface area is 200 Å². The average molecular weight is 492 g/mol. The minimum absolute atomic E-state index is 0.0194. The zero-order chi connectivity index (χ0) is 24.2. The van der Waals surface area contributed by atoms with Gasteiger partial charge in [0.2, 0.25) is 10.0 Å². The molecule has 0 saturated carbocycles. The molecular formula is C24H33N3O6S. The largest absolute Gasteiger partial charge is 0.381 e. The Balaban J connectivity index is 1.31. The van der Waals surface area contributed by atoms with E-state index in [0.29, 0.717) is 25.9 Å². The van der Waals surface area contributed by atoms with E-state index in [1.165, 1.54) is 9.88 Å². The third-order valence-corrected chi connectivity index (χ3v) is 9.95. The van der Waals surface area contributed by atoms with Gasteiger partial charge in [0.15, 0.2) is 4.75 Å². The summed E-state index contributed by atoms with van der Waals surface area (Å²) in [7, 11) is -3.95. The third kappa shape index (κ3) is 4.77. The number of allylic oxidation sites excluding steroid dienone is 5. The number of carbonyl (C=O) groups excluding carboxylic acids is 2. The van der Waals surface area contributed by atoms with Crippen LogP contribution < -0.4 is 5.48 Å². The molecule has 3 aliphatic heterocycles. The minimum Gasteiger partial charge on any atom is -0.381 e. The number of rotatable bonds is 6. The van der Waals surface area contributed by atoms with Crippen LogP contribution in [0.2, 0.25) is 0 Å². The van der Waals surface area contributed by atoms with Crippen molar-refractivity contribution < 1.29 is 28.0 Å². The Bertz CT molecular complexity index is 1020. The first-order valence-electron chi connectivity index (χ1n) is 12.0. The van der Waals surface area contributed by atoms with Gasteiger partial charge >= 0.3 is 0 Å². The zero-order valence-electron chi connectivity index (χ0n) is 19.3. The lowest BCUT2D eigenvalue weighted by Crippen LogP contribution is -2.60. The third-order valence-electron chi connectivity index (χ3n) is 7.33. The summed E-state index contributed by atoms with van der Waals surface area (Å²) in [4.78, 5) is 26.8. The van der Waals surface area contributed by atoms with Crippen LogP contribution in [0, 0.1) is 5.92 Å². The molecule has 2 N–H and O–H groups in total. The molecule has 186 valence electrons. The van der Waals surface area contributed by atoms with Gasteiger partial charge in [0.1, 0.15) is 0 Å². The Morgan fingerprint density at radius 3 is 2.56 bits per heavy atom. The fraction of sp³-hybridized carbons (Fsp3) is 0.583. The Kier molecular flexibility index (Phi) is 7.71. The first-order valence-corrected chi connectivity index (χ1v) is 13.4. The highest BCUT2D eigenvalue weighted by molar-refractivity contribution is 7.91. The summed E-state index contributed by atoms with van der Waals surface area (Å²) in [6.07, 6.45) is 15.7. The number of carbonyl (C=O) groups is 2. The Morgan fingerprint density at radius 1 is 1.12 bits per heavy atom. The van der Waals surface area contributed by atoms with Crippen LogP contribution in [0.5, 0.6) is 0 Å². The molecule has 0 bridgehead atoms. The fourth-order valence-electron chi connectivity index (χ4n) is 5.24. The average Bonchev–Trinajstić information content (AvgIpc) is 3.31. The summed E-state index contributed by atoms with van der Waals surface area (Å²) in [6.45, 7) is 1.65. The Hall–Kier alpha value is -2.27. The fourth-order valence-corrected chi connectivity index (χ4v) is 7.39. The molecule has 34 heavy (non-hydrogen) atoms. The molecule has 10 heteroatoms. The minimum atomic E-state index is -3.95. The van der Waals surface area contributed by atoms with E-state index in [0.717, 1.165) is 31.5 Å². The van der Waals surface area contributed by atoms with E-state index in [1.54, 1.807) is 17.6 Å². The van der Waals surface area contributed by atoms with Gasteiger partial charge in [-0.15, -0.1) is 0 Å². The van der Waals surface area contributed by atoms with Gasteiger partial charge in [-0.2, -0.15) is 0 Å². The highest BCUT2D eigenvalue weighted by atomic mass is 32.2. The number of ether oxygens (including phenoxy) is 1. The monoisotopic (exact) mass is 491 g/mol. The van der Waals surface area contributed by atoms with Crippen molar-refractivity contribution in [1.82, 2.24) is 14.7 Å². The molecule has 0 spiro atoms. The number of hydrogen-bond donors (Lipinski definition) is 2. The summed E-state index contributed by atoms with van der Waals surface area (Å²) in [6, 6.07) is 0. The standard InChI is InChI=1S/C24H33N3O6S/c28-22(27-16-11-20-6-2-3-7-21(20)27)8-4-1-5-19-9-14-26(15-10-19)34(31,32)24(23(29)25-30)12-17-33-18-13-24/h1,3-5,7-8,19,30H,2,6,9-18H2,(H,25,29)/b5-1+,8-4+. The number of piperidine rings is 1. The first kappa shape index (κ1) is 24.8. The van der Waals surface area contributed by atoms with Crippen LogP contribution in [-0.2, 0) is 24.3 Å². The molecule has 2 saturated heterocycles. The van der Waals surface area contributed by atoms with Crippen molar-refractivity contribution in [2.75, 3.05) is 32.8 Å². The number of hydrogen-bond acceptors (Lipinski definition) is 6. The van der Waals surface area contributed by atoms with E-state index in [-0.39, 0.29) is 37.9 Å². The van der Waals surface area contributed by atoms with Gasteiger partial charge in [-0.05, 0) is 49.7 Å². The summed E-state index contributed by atoms with van der Waals surface area (Å²) < 4.78 is 31.6. The van der Waals surface area contributed by atoms with Gasteiger partial charge in [0.05, 0.1) is 0 Å². The van der Waals surface area contributed by atoms with Crippen molar-refractivity contribution in [2.24, 2.45) is 5.92 Å². The number of nitrogens with zero attached hydrogens (tertiary/aromatic N) is 2. The van der Waals surface area contributed by atoms with Crippen LogP contribution in [0.1, 0.15) is 44.9 Å². The van der Waals surface area contributed by atoms with Crippen LogP contribution in [0.25, 0.3) is 0 Å².